The van der Waals surface area contributed by atoms with E-state index in [0.29, 0.717) is 6.42 Å². The van der Waals surface area contributed by atoms with Crippen molar-refractivity contribution in [1.82, 2.24) is 0 Å². The molecule has 0 rings (SSSR count). The van der Waals surface area contributed by atoms with Crippen molar-refractivity contribution in [2.24, 2.45) is 11.8 Å². The standard InChI is InChI=1S/C9H16O4/c1-6(2)4-8(9(11)12)5-13-7(3)10/h6,8H,4-5H2,1-3H3,(H,11,12)/t8-/m0/s1. The van der Waals surface area contributed by atoms with E-state index in [0.717, 1.165) is 0 Å². The van der Waals surface area contributed by atoms with Crippen LogP contribution in [0.5, 0.6) is 0 Å². The lowest BCUT2D eigenvalue weighted by Gasteiger charge is -2.13. The van der Waals surface area contributed by atoms with Crippen LogP contribution in [0, 0.1) is 11.8 Å². The van der Waals surface area contributed by atoms with Crippen LogP contribution in [-0.4, -0.2) is 23.7 Å². The number of carboxylic acids is 1. The topological polar surface area (TPSA) is 63.6 Å². The van der Waals surface area contributed by atoms with Gasteiger partial charge >= 0.3 is 11.9 Å². The summed E-state index contributed by atoms with van der Waals surface area (Å²) in [7, 11) is 0. The summed E-state index contributed by atoms with van der Waals surface area (Å²) in [5, 5.41) is 8.74. The van der Waals surface area contributed by atoms with Crippen molar-refractivity contribution in [3.05, 3.63) is 0 Å². The van der Waals surface area contributed by atoms with E-state index in [4.69, 9.17) is 5.11 Å². The van der Waals surface area contributed by atoms with Crippen molar-refractivity contribution in [2.75, 3.05) is 6.61 Å². The minimum Gasteiger partial charge on any atom is -0.481 e. The molecule has 0 bridgehead atoms. The van der Waals surface area contributed by atoms with Gasteiger partial charge in [0.05, 0.1) is 5.92 Å². The van der Waals surface area contributed by atoms with E-state index in [-0.39, 0.29) is 12.5 Å². The van der Waals surface area contributed by atoms with Gasteiger partial charge < -0.3 is 9.84 Å². The van der Waals surface area contributed by atoms with Gasteiger partial charge in [-0.1, -0.05) is 13.8 Å². The first-order chi connectivity index (χ1) is 5.93. The molecule has 0 aliphatic carbocycles. The highest BCUT2D eigenvalue weighted by Gasteiger charge is 2.19. The molecule has 0 aromatic rings. The fraction of sp³-hybridized carbons (Fsp3) is 0.778. The molecule has 0 radical (unpaired) electrons. The molecule has 4 heteroatoms. The molecule has 0 aromatic heterocycles. The van der Waals surface area contributed by atoms with Gasteiger partial charge in [0, 0.05) is 6.92 Å². The Labute approximate surface area is 77.9 Å². The molecule has 0 saturated carbocycles. The smallest absolute Gasteiger partial charge is 0.309 e. The number of carbonyl (C=O) groups excluding carboxylic acids is 1. The van der Waals surface area contributed by atoms with Crippen LogP contribution in [0.1, 0.15) is 27.2 Å². The molecule has 4 nitrogen and oxygen atoms in total. The number of aliphatic carboxylic acids is 1. The second-order valence-corrected chi connectivity index (χ2v) is 3.47. The zero-order valence-electron chi connectivity index (χ0n) is 8.24. The van der Waals surface area contributed by atoms with Crippen molar-refractivity contribution < 1.29 is 19.4 Å². The normalized spacial score (nSPS) is 12.6. The van der Waals surface area contributed by atoms with Gasteiger partial charge in [-0.2, -0.15) is 0 Å². The Bertz CT molecular complexity index is 186. The van der Waals surface area contributed by atoms with Crippen molar-refractivity contribution in [1.29, 1.82) is 0 Å². The summed E-state index contributed by atoms with van der Waals surface area (Å²) in [6.07, 6.45) is 0.530. The minimum absolute atomic E-state index is 0.0250. The maximum absolute atomic E-state index is 10.7. The number of carbonyl (C=O) groups is 2. The van der Waals surface area contributed by atoms with Crippen LogP contribution < -0.4 is 0 Å². The first kappa shape index (κ1) is 11.9. The van der Waals surface area contributed by atoms with Gasteiger partial charge in [-0.05, 0) is 12.3 Å². The van der Waals surface area contributed by atoms with E-state index in [2.05, 4.69) is 4.74 Å². The Kier molecular flexibility index (Phi) is 5.11. The zero-order valence-corrected chi connectivity index (χ0v) is 8.24. The molecule has 76 valence electrons. The van der Waals surface area contributed by atoms with E-state index in [1.165, 1.54) is 6.92 Å². The van der Waals surface area contributed by atoms with Crippen LogP contribution >= 0.6 is 0 Å². The predicted molar refractivity (Wildman–Crippen MR) is 47.2 cm³/mol. The quantitative estimate of drug-likeness (QED) is 0.660. The Hall–Kier alpha value is -1.06. The van der Waals surface area contributed by atoms with Gasteiger partial charge in [-0.3, -0.25) is 9.59 Å². The van der Waals surface area contributed by atoms with E-state index >= 15 is 0 Å². The monoisotopic (exact) mass is 188 g/mol. The van der Waals surface area contributed by atoms with Gasteiger partial charge in [0.25, 0.3) is 0 Å². The molecule has 0 fully saturated rings. The Morgan fingerprint density at radius 1 is 1.38 bits per heavy atom. The second kappa shape index (κ2) is 5.56. The van der Waals surface area contributed by atoms with Crippen LogP contribution in [-0.2, 0) is 14.3 Å². The third kappa shape index (κ3) is 6.13. The summed E-state index contributed by atoms with van der Waals surface area (Å²) in [6, 6.07) is 0. The molecular formula is C9H16O4. The summed E-state index contributed by atoms with van der Waals surface area (Å²) >= 11 is 0. The molecule has 1 N–H and O–H groups in total. The highest BCUT2D eigenvalue weighted by Crippen LogP contribution is 2.12. The van der Waals surface area contributed by atoms with Gasteiger partial charge in [0.15, 0.2) is 0 Å². The van der Waals surface area contributed by atoms with Gasteiger partial charge in [0.2, 0.25) is 0 Å². The maximum atomic E-state index is 10.7. The van der Waals surface area contributed by atoms with E-state index in [1.54, 1.807) is 0 Å². The summed E-state index contributed by atoms with van der Waals surface area (Å²) in [5.41, 5.74) is 0. The molecule has 0 amide bonds. The Morgan fingerprint density at radius 3 is 2.23 bits per heavy atom. The molecule has 0 unspecified atom stereocenters. The molecule has 13 heavy (non-hydrogen) atoms. The van der Waals surface area contributed by atoms with E-state index < -0.39 is 17.9 Å². The molecule has 0 aromatic carbocycles. The SMILES string of the molecule is CC(=O)OC[C@H](CC(C)C)C(=O)O. The highest BCUT2D eigenvalue weighted by molar-refractivity contribution is 5.71. The average molecular weight is 188 g/mol. The lowest BCUT2D eigenvalue weighted by atomic mass is 9.98. The largest absolute Gasteiger partial charge is 0.481 e. The zero-order chi connectivity index (χ0) is 10.4. The summed E-state index contributed by atoms with van der Waals surface area (Å²) in [6.45, 7) is 5.12. The van der Waals surface area contributed by atoms with Crippen LogP contribution in [0.4, 0.5) is 0 Å². The van der Waals surface area contributed by atoms with Crippen LogP contribution in [0.15, 0.2) is 0 Å². The number of rotatable bonds is 5. The maximum Gasteiger partial charge on any atom is 0.309 e. The lowest BCUT2D eigenvalue weighted by molar-refractivity contribution is -0.150. The number of carboxylic acid groups (broad SMARTS) is 1. The summed E-state index contributed by atoms with van der Waals surface area (Å²) in [4.78, 5) is 21.1. The van der Waals surface area contributed by atoms with Gasteiger partial charge in [-0.25, -0.2) is 0 Å². The first-order valence-electron chi connectivity index (χ1n) is 4.29. The van der Waals surface area contributed by atoms with Crippen molar-refractivity contribution in [3.8, 4) is 0 Å². The van der Waals surface area contributed by atoms with Crippen LogP contribution in [0.2, 0.25) is 0 Å². The van der Waals surface area contributed by atoms with Crippen molar-refractivity contribution in [3.63, 3.8) is 0 Å². The van der Waals surface area contributed by atoms with Gasteiger partial charge in [0.1, 0.15) is 6.61 Å². The molecule has 1 atom stereocenters. The molecule has 0 spiro atoms. The van der Waals surface area contributed by atoms with Crippen LogP contribution in [0.25, 0.3) is 0 Å². The third-order valence-electron chi connectivity index (χ3n) is 1.59. The first-order valence-corrected chi connectivity index (χ1v) is 4.29. The number of ether oxygens (including phenoxy) is 1. The number of hydrogen-bond acceptors (Lipinski definition) is 3. The second-order valence-electron chi connectivity index (χ2n) is 3.47. The average Bonchev–Trinajstić information content (AvgIpc) is 1.96. The molecule has 0 aliphatic heterocycles. The molecule has 0 saturated heterocycles. The summed E-state index contributed by atoms with van der Waals surface area (Å²) < 4.78 is 4.65. The number of hydrogen-bond donors (Lipinski definition) is 1. The van der Waals surface area contributed by atoms with Crippen LogP contribution in [0.3, 0.4) is 0 Å². The third-order valence-corrected chi connectivity index (χ3v) is 1.59. The Balaban J connectivity index is 3.95. The number of esters is 1. The van der Waals surface area contributed by atoms with E-state index in [1.807, 2.05) is 13.8 Å². The van der Waals surface area contributed by atoms with Crippen molar-refractivity contribution in [2.45, 2.75) is 27.2 Å². The van der Waals surface area contributed by atoms with E-state index in [9.17, 15) is 9.59 Å². The summed E-state index contributed by atoms with van der Waals surface area (Å²) in [5.74, 6) is -1.63. The van der Waals surface area contributed by atoms with Crippen molar-refractivity contribution >= 4 is 11.9 Å². The highest BCUT2D eigenvalue weighted by atomic mass is 16.5. The predicted octanol–water partition coefficient (Wildman–Crippen LogP) is 1.30. The molecule has 0 heterocycles. The molecular weight excluding hydrogens is 172 g/mol. The minimum atomic E-state index is -0.907. The Morgan fingerprint density at radius 2 is 1.92 bits per heavy atom. The fourth-order valence-electron chi connectivity index (χ4n) is 1.03. The van der Waals surface area contributed by atoms with Gasteiger partial charge in [-0.15, -0.1) is 0 Å². The lowest BCUT2D eigenvalue weighted by Crippen LogP contribution is -2.22. The molecule has 0 aliphatic rings. The fourth-order valence-corrected chi connectivity index (χ4v) is 1.03.